The number of carbonyl (C=O) groups excluding carboxylic acids is 1. The molecule has 164 valence electrons. The molecule has 0 spiro atoms. The molecule has 1 aliphatic heterocycles. The quantitative estimate of drug-likeness (QED) is 0.302. The molecule has 0 saturated carbocycles. The van der Waals surface area contributed by atoms with Crippen LogP contribution in [0.4, 0.5) is 0 Å². The summed E-state index contributed by atoms with van der Waals surface area (Å²) in [6, 6.07) is 0.0450. The van der Waals surface area contributed by atoms with Gasteiger partial charge in [0.05, 0.1) is 12.1 Å². The fourth-order valence-corrected chi connectivity index (χ4v) is 3.74. The summed E-state index contributed by atoms with van der Waals surface area (Å²) in [4.78, 5) is 24.6. The van der Waals surface area contributed by atoms with Crippen molar-refractivity contribution in [2.45, 2.75) is 83.3 Å². The Morgan fingerprint density at radius 1 is 1.30 bits per heavy atom. The first-order valence-electron chi connectivity index (χ1n) is 11.2. The van der Waals surface area contributed by atoms with Gasteiger partial charge in [0.25, 0.3) is 0 Å². The molecule has 0 aromatic rings. The van der Waals surface area contributed by atoms with E-state index in [1.165, 1.54) is 0 Å². The van der Waals surface area contributed by atoms with E-state index in [2.05, 4.69) is 24.0 Å². The van der Waals surface area contributed by atoms with E-state index >= 15 is 0 Å². The van der Waals surface area contributed by atoms with E-state index < -0.39 is 12.1 Å². The van der Waals surface area contributed by atoms with Gasteiger partial charge < -0.3 is 15.1 Å². The third-order valence-electron chi connectivity index (χ3n) is 5.71. The number of amides is 1. The lowest BCUT2D eigenvalue weighted by Gasteiger charge is -2.23. The number of rotatable bonds is 11. The highest BCUT2D eigenvalue weighted by Gasteiger charge is 2.28. The summed E-state index contributed by atoms with van der Waals surface area (Å²) in [5.74, 6) is 5.83. The minimum Gasteiger partial charge on any atom is -0.481 e. The monoisotopic (exact) mass is 413 g/mol. The number of aliphatic hydroxyl groups excluding tert-OH is 1. The number of likely N-dealkylation sites (tertiary alicyclic amines) is 1. The molecule has 0 aromatic heterocycles. The molecule has 0 radical (unpaired) electrons. The summed E-state index contributed by atoms with van der Waals surface area (Å²) >= 11 is 0. The van der Waals surface area contributed by atoms with Gasteiger partial charge in [0.15, 0.2) is 0 Å². The van der Waals surface area contributed by atoms with Crippen molar-refractivity contribution in [2.75, 3.05) is 6.54 Å². The van der Waals surface area contributed by atoms with E-state index in [0.29, 0.717) is 25.8 Å². The molecule has 2 aliphatic rings. The van der Waals surface area contributed by atoms with Crippen LogP contribution in [-0.4, -0.2) is 45.7 Å². The maximum absolute atomic E-state index is 12.2. The number of carbonyl (C=O) groups is 2. The molecule has 3 atom stereocenters. The number of aliphatic hydroxyl groups is 1. The first-order chi connectivity index (χ1) is 14.5. The van der Waals surface area contributed by atoms with Crippen molar-refractivity contribution >= 4 is 11.9 Å². The molecule has 1 aliphatic carbocycles. The Morgan fingerprint density at radius 3 is 2.83 bits per heavy atom. The van der Waals surface area contributed by atoms with E-state index in [9.17, 15) is 14.7 Å². The smallest absolute Gasteiger partial charge is 0.303 e. The highest BCUT2D eigenvalue weighted by atomic mass is 16.4. The lowest BCUT2D eigenvalue weighted by atomic mass is 9.99. The molecule has 5 nitrogen and oxygen atoms in total. The van der Waals surface area contributed by atoms with Crippen LogP contribution >= 0.6 is 0 Å². The number of allylic oxidation sites excluding steroid dienone is 4. The van der Waals surface area contributed by atoms with E-state index in [-0.39, 0.29) is 24.3 Å². The zero-order valence-electron chi connectivity index (χ0n) is 18.1. The van der Waals surface area contributed by atoms with Gasteiger partial charge in [-0.1, -0.05) is 62.0 Å². The fourth-order valence-electron chi connectivity index (χ4n) is 3.74. The number of unbranched alkanes of at least 4 members (excludes halogenated alkanes) is 3. The second-order valence-corrected chi connectivity index (χ2v) is 8.27. The Kier molecular flexibility index (Phi) is 10.4. The molecule has 5 heteroatoms. The summed E-state index contributed by atoms with van der Waals surface area (Å²) < 4.78 is 0. The summed E-state index contributed by atoms with van der Waals surface area (Å²) in [6.07, 6.45) is 17.0. The van der Waals surface area contributed by atoms with Gasteiger partial charge >= 0.3 is 5.97 Å². The van der Waals surface area contributed by atoms with Crippen LogP contribution in [0.2, 0.25) is 0 Å². The minimum atomic E-state index is -0.753. The standard InChI is InChI=1S/C25H35NO4/c1-20(10-9-13-21-11-5-4-6-12-21)23(27)17-15-22-16-18-24(28)26(22)19-8-3-2-7-14-25(29)30/h4-5,11,15,17,20,22-23,27H,2-3,6-8,10,12,14,16,18-19H2,1H3,(H,29,30)/b17-15+/t20?,22-,23-/m0/s1. The van der Waals surface area contributed by atoms with Gasteiger partial charge in [-0.3, -0.25) is 9.59 Å². The van der Waals surface area contributed by atoms with Crippen molar-refractivity contribution in [2.24, 2.45) is 5.92 Å². The van der Waals surface area contributed by atoms with Crippen LogP contribution in [0.15, 0.2) is 36.0 Å². The van der Waals surface area contributed by atoms with Crippen molar-refractivity contribution in [3.63, 3.8) is 0 Å². The summed E-state index contributed by atoms with van der Waals surface area (Å²) in [5, 5.41) is 19.1. The summed E-state index contributed by atoms with van der Waals surface area (Å²) in [6.45, 7) is 2.69. The van der Waals surface area contributed by atoms with Gasteiger partial charge in [0, 0.05) is 31.4 Å². The second kappa shape index (κ2) is 13.1. The van der Waals surface area contributed by atoms with Crippen LogP contribution < -0.4 is 0 Å². The first kappa shape index (κ1) is 24.0. The minimum absolute atomic E-state index is 0.0354. The Hall–Kier alpha value is -2.32. The fraction of sp³-hybridized carbons (Fsp3) is 0.600. The Labute approximate surface area is 180 Å². The SMILES string of the molecule is CC(CC#CC1=CC=CCC1)[C@@H](O)/C=C/[C@H]1CCC(=O)N1CCCCCCC(=O)O. The highest BCUT2D eigenvalue weighted by molar-refractivity contribution is 5.79. The number of carboxylic acid groups (broad SMARTS) is 1. The summed E-state index contributed by atoms with van der Waals surface area (Å²) in [5.41, 5.74) is 1.15. The molecule has 0 aromatic carbocycles. The van der Waals surface area contributed by atoms with E-state index in [0.717, 1.165) is 44.1 Å². The van der Waals surface area contributed by atoms with Crippen LogP contribution in [0.5, 0.6) is 0 Å². The number of hydrogen-bond donors (Lipinski definition) is 2. The van der Waals surface area contributed by atoms with Gasteiger partial charge in [-0.2, -0.15) is 0 Å². The zero-order valence-corrected chi connectivity index (χ0v) is 18.1. The van der Waals surface area contributed by atoms with Crippen LogP contribution in [0.25, 0.3) is 0 Å². The molecule has 2 N–H and O–H groups in total. The van der Waals surface area contributed by atoms with Gasteiger partial charge in [-0.25, -0.2) is 0 Å². The van der Waals surface area contributed by atoms with Crippen molar-refractivity contribution in [1.82, 2.24) is 4.90 Å². The first-order valence-corrected chi connectivity index (χ1v) is 11.2. The van der Waals surface area contributed by atoms with Gasteiger partial charge in [-0.05, 0) is 38.0 Å². The lowest BCUT2D eigenvalue weighted by molar-refractivity contribution is -0.137. The topological polar surface area (TPSA) is 77.8 Å². The lowest BCUT2D eigenvalue weighted by Crippen LogP contribution is -2.33. The van der Waals surface area contributed by atoms with E-state index in [4.69, 9.17) is 5.11 Å². The van der Waals surface area contributed by atoms with Crippen molar-refractivity contribution < 1.29 is 19.8 Å². The Balaban J connectivity index is 1.74. The third kappa shape index (κ3) is 8.59. The normalized spacial score (nSPS) is 20.7. The number of carboxylic acids is 1. The van der Waals surface area contributed by atoms with Crippen LogP contribution in [-0.2, 0) is 9.59 Å². The molecule has 1 heterocycles. The highest BCUT2D eigenvalue weighted by Crippen LogP contribution is 2.22. The Bertz CT molecular complexity index is 725. The van der Waals surface area contributed by atoms with E-state index in [1.807, 2.05) is 30.1 Å². The van der Waals surface area contributed by atoms with Gasteiger partial charge in [0.2, 0.25) is 5.91 Å². The van der Waals surface area contributed by atoms with Crippen LogP contribution in [0.1, 0.15) is 71.1 Å². The average molecular weight is 414 g/mol. The number of hydrogen-bond acceptors (Lipinski definition) is 3. The zero-order chi connectivity index (χ0) is 21.8. The molecule has 0 bridgehead atoms. The second-order valence-electron chi connectivity index (χ2n) is 8.27. The molecule has 1 amide bonds. The molecule has 1 saturated heterocycles. The predicted molar refractivity (Wildman–Crippen MR) is 119 cm³/mol. The predicted octanol–water partition coefficient (Wildman–Crippen LogP) is 4.24. The van der Waals surface area contributed by atoms with E-state index in [1.54, 1.807) is 0 Å². The molecule has 2 rings (SSSR count). The average Bonchev–Trinajstić information content (AvgIpc) is 3.08. The van der Waals surface area contributed by atoms with Gasteiger partial charge in [0.1, 0.15) is 0 Å². The third-order valence-corrected chi connectivity index (χ3v) is 5.71. The summed E-state index contributed by atoms with van der Waals surface area (Å²) in [7, 11) is 0. The molecule has 1 unspecified atom stereocenters. The van der Waals surface area contributed by atoms with Crippen LogP contribution in [0, 0.1) is 17.8 Å². The molecule has 1 fully saturated rings. The molecular weight excluding hydrogens is 378 g/mol. The van der Waals surface area contributed by atoms with Crippen molar-refractivity contribution in [1.29, 1.82) is 0 Å². The van der Waals surface area contributed by atoms with Crippen molar-refractivity contribution in [3.05, 3.63) is 36.0 Å². The Morgan fingerprint density at radius 2 is 2.10 bits per heavy atom. The van der Waals surface area contributed by atoms with Crippen molar-refractivity contribution in [3.8, 4) is 11.8 Å². The largest absolute Gasteiger partial charge is 0.481 e. The number of aliphatic carboxylic acids is 1. The molecular formula is C25H35NO4. The van der Waals surface area contributed by atoms with Gasteiger partial charge in [-0.15, -0.1) is 0 Å². The molecule has 30 heavy (non-hydrogen) atoms. The van der Waals surface area contributed by atoms with Crippen LogP contribution in [0.3, 0.4) is 0 Å². The number of nitrogens with zero attached hydrogens (tertiary/aromatic N) is 1. The maximum Gasteiger partial charge on any atom is 0.303 e. The maximum atomic E-state index is 12.2.